The van der Waals surface area contributed by atoms with Crippen LogP contribution in [0.1, 0.15) is 29.8 Å². The highest BCUT2D eigenvalue weighted by atomic mass is 16.3. The molecular weight excluding hydrogens is 352 g/mol. The molecule has 1 aromatic carbocycles. The van der Waals surface area contributed by atoms with Crippen molar-refractivity contribution in [2.24, 2.45) is 0 Å². The van der Waals surface area contributed by atoms with Crippen LogP contribution in [0.25, 0.3) is 0 Å². The van der Waals surface area contributed by atoms with Crippen LogP contribution in [0.2, 0.25) is 0 Å². The largest absolute Gasteiger partial charge is 0.472 e. The number of carbonyl (C=O) groups excluding carboxylic acids is 4. The lowest BCUT2D eigenvalue weighted by Gasteiger charge is -2.22. The average molecular weight is 370 g/mol. The van der Waals surface area contributed by atoms with E-state index in [0.717, 1.165) is 0 Å². The van der Waals surface area contributed by atoms with Crippen molar-refractivity contribution in [2.75, 3.05) is 5.32 Å². The second-order valence-corrected chi connectivity index (χ2v) is 6.31. The van der Waals surface area contributed by atoms with Crippen LogP contribution in [0.4, 0.5) is 10.5 Å². The molecule has 5 amide bonds. The van der Waals surface area contributed by atoms with E-state index in [1.165, 1.54) is 18.6 Å². The molecule has 27 heavy (non-hydrogen) atoms. The van der Waals surface area contributed by atoms with E-state index in [1.54, 1.807) is 38.1 Å². The van der Waals surface area contributed by atoms with Crippen molar-refractivity contribution in [3.05, 3.63) is 54.0 Å². The zero-order chi connectivity index (χ0) is 19.6. The fourth-order valence-electron chi connectivity index (χ4n) is 2.64. The first-order valence-electron chi connectivity index (χ1n) is 8.17. The van der Waals surface area contributed by atoms with E-state index in [1.807, 2.05) is 0 Å². The molecule has 2 unspecified atom stereocenters. The summed E-state index contributed by atoms with van der Waals surface area (Å²) in [5.41, 5.74) is 0.0299. The summed E-state index contributed by atoms with van der Waals surface area (Å²) >= 11 is 0. The lowest BCUT2D eigenvalue weighted by Crippen LogP contribution is -2.42. The van der Waals surface area contributed by atoms with Crippen molar-refractivity contribution in [3.8, 4) is 0 Å². The molecule has 1 aliphatic heterocycles. The standard InChI is InChI=1S/C18H18N4O5/c1-10(19-15(24)11-6-7-27-9-11)14(23)20-13-5-3-4-12(8-13)18(2)16(25)21-17(26)22-18/h3-10H,1-2H3,(H,19,24)(H,20,23)(H2,21,22,25,26). The van der Waals surface area contributed by atoms with Crippen LogP contribution in [0.3, 0.4) is 0 Å². The lowest BCUT2D eigenvalue weighted by molar-refractivity contribution is -0.123. The Morgan fingerprint density at radius 2 is 2.00 bits per heavy atom. The predicted octanol–water partition coefficient (Wildman–Crippen LogP) is 1.09. The maximum atomic E-state index is 12.3. The molecule has 3 rings (SSSR count). The van der Waals surface area contributed by atoms with Crippen LogP contribution in [-0.2, 0) is 15.1 Å². The second-order valence-electron chi connectivity index (χ2n) is 6.31. The van der Waals surface area contributed by atoms with E-state index in [4.69, 9.17) is 4.42 Å². The van der Waals surface area contributed by atoms with Gasteiger partial charge < -0.3 is 20.4 Å². The molecule has 1 fully saturated rings. The fourth-order valence-corrected chi connectivity index (χ4v) is 2.64. The van der Waals surface area contributed by atoms with Gasteiger partial charge in [0.1, 0.15) is 17.8 Å². The molecule has 0 aliphatic carbocycles. The molecule has 0 saturated carbocycles. The molecule has 2 aromatic rings. The number of hydrogen-bond donors (Lipinski definition) is 4. The molecule has 9 heteroatoms. The highest BCUT2D eigenvalue weighted by Crippen LogP contribution is 2.26. The van der Waals surface area contributed by atoms with Gasteiger partial charge in [0.15, 0.2) is 0 Å². The quantitative estimate of drug-likeness (QED) is 0.586. The Labute approximate surface area is 154 Å². The zero-order valence-corrected chi connectivity index (χ0v) is 14.7. The predicted molar refractivity (Wildman–Crippen MR) is 94.7 cm³/mol. The normalized spacial score (nSPS) is 19.8. The van der Waals surface area contributed by atoms with E-state index in [-0.39, 0.29) is 0 Å². The van der Waals surface area contributed by atoms with Crippen LogP contribution in [0.5, 0.6) is 0 Å². The second kappa shape index (κ2) is 6.94. The first-order valence-corrected chi connectivity index (χ1v) is 8.17. The molecule has 140 valence electrons. The number of imide groups is 1. The average Bonchev–Trinajstić information content (AvgIpc) is 3.24. The summed E-state index contributed by atoms with van der Waals surface area (Å²) in [6, 6.07) is 6.67. The van der Waals surface area contributed by atoms with E-state index >= 15 is 0 Å². The van der Waals surface area contributed by atoms with Gasteiger partial charge in [-0.15, -0.1) is 0 Å². The highest BCUT2D eigenvalue weighted by molar-refractivity contribution is 6.07. The number of urea groups is 1. The van der Waals surface area contributed by atoms with Crippen LogP contribution < -0.4 is 21.3 Å². The van der Waals surface area contributed by atoms with Gasteiger partial charge in [0.2, 0.25) is 5.91 Å². The monoisotopic (exact) mass is 370 g/mol. The lowest BCUT2D eigenvalue weighted by atomic mass is 9.92. The summed E-state index contributed by atoms with van der Waals surface area (Å²) in [6.45, 7) is 3.12. The van der Waals surface area contributed by atoms with Crippen molar-refractivity contribution >= 4 is 29.4 Å². The molecule has 1 aromatic heterocycles. The van der Waals surface area contributed by atoms with Gasteiger partial charge in [-0.3, -0.25) is 19.7 Å². The molecule has 1 saturated heterocycles. The Kier molecular flexibility index (Phi) is 4.68. The third-order valence-electron chi connectivity index (χ3n) is 4.28. The Hall–Kier alpha value is -3.62. The summed E-state index contributed by atoms with van der Waals surface area (Å²) in [5, 5.41) is 9.99. The number of benzene rings is 1. The third kappa shape index (κ3) is 3.66. The molecule has 9 nitrogen and oxygen atoms in total. The van der Waals surface area contributed by atoms with Crippen molar-refractivity contribution in [2.45, 2.75) is 25.4 Å². The third-order valence-corrected chi connectivity index (χ3v) is 4.28. The van der Waals surface area contributed by atoms with Gasteiger partial charge in [-0.05, 0) is 37.6 Å². The summed E-state index contributed by atoms with van der Waals surface area (Å²) in [4.78, 5) is 47.8. The van der Waals surface area contributed by atoms with Gasteiger partial charge in [-0.1, -0.05) is 12.1 Å². The van der Waals surface area contributed by atoms with Gasteiger partial charge in [0.25, 0.3) is 11.8 Å². The fraction of sp³-hybridized carbons (Fsp3) is 0.222. The maximum absolute atomic E-state index is 12.3. The molecule has 1 aliphatic rings. The number of furan rings is 1. The van der Waals surface area contributed by atoms with E-state index in [0.29, 0.717) is 16.8 Å². The number of anilines is 1. The first-order chi connectivity index (χ1) is 12.8. The molecule has 0 bridgehead atoms. The summed E-state index contributed by atoms with van der Waals surface area (Å²) in [5.74, 6) is -1.34. The van der Waals surface area contributed by atoms with Gasteiger partial charge in [0, 0.05) is 5.69 Å². The topological polar surface area (TPSA) is 130 Å². The number of rotatable bonds is 5. The maximum Gasteiger partial charge on any atom is 0.322 e. The zero-order valence-electron chi connectivity index (χ0n) is 14.7. The van der Waals surface area contributed by atoms with Crippen molar-refractivity contribution in [1.82, 2.24) is 16.0 Å². The minimum Gasteiger partial charge on any atom is -0.472 e. The molecule has 4 N–H and O–H groups in total. The Balaban J connectivity index is 1.69. The van der Waals surface area contributed by atoms with E-state index in [2.05, 4.69) is 21.3 Å². The summed E-state index contributed by atoms with van der Waals surface area (Å²) in [6.07, 6.45) is 2.65. The van der Waals surface area contributed by atoms with Gasteiger partial charge >= 0.3 is 6.03 Å². The van der Waals surface area contributed by atoms with Crippen LogP contribution in [0.15, 0.2) is 47.3 Å². The van der Waals surface area contributed by atoms with Gasteiger partial charge in [-0.25, -0.2) is 4.79 Å². The summed E-state index contributed by atoms with van der Waals surface area (Å²) < 4.78 is 4.84. The highest BCUT2D eigenvalue weighted by Gasteiger charge is 2.43. The van der Waals surface area contributed by atoms with Gasteiger partial charge in [-0.2, -0.15) is 0 Å². The smallest absolute Gasteiger partial charge is 0.322 e. The number of carbonyl (C=O) groups is 4. The van der Waals surface area contributed by atoms with Crippen LogP contribution in [0, 0.1) is 0 Å². The Bertz CT molecular complexity index is 908. The van der Waals surface area contributed by atoms with Gasteiger partial charge in [0.05, 0.1) is 11.8 Å². The number of nitrogens with one attached hydrogen (secondary N) is 4. The SMILES string of the molecule is CC(NC(=O)c1ccoc1)C(=O)Nc1cccc(C2(C)NC(=O)NC2=O)c1. The van der Waals surface area contributed by atoms with Crippen molar-refractivity contribution < 1.29 is 23.6 Å². The minimum absolute atomic E-state index is 0.313. The molecule has 2 heterocycles. The molecule has 2 atom stereocenters. The molecule has 0 radical (unpaired) electrons. The molecule has 0 spiro atoms. The minimum atomic E-state index is -1.22. The van der Waals surface area contributed by atoms with Crippen molar-refractivity contribution in [3.63, 3.8) is 0 Å². The Morgan fingerprint density at radius 1 is 1.22 bits per heavy atom. The first kappa shape index (κ1) is 18.2. The van der Waals surface area contributed by atoms with E-state index in [9.17, 15) is 19.2 Å². The number of hydrogen-bond acceptors (Lipinski definition) is 5. The van der Waals surface area contributed by atoms with Crippen LogP contribution >= 0.6 is 0 Å². The number of amides is 5. The molecular formula is C18H18N4O5. The summed E-state index contributed by atoms with van der Waals surface area (Å²) in [7, 11) is 0. The van der Waals surface area contributed by atoms with E-state index < -0.39 is 35.3 Å². The Morgan fingerprint density at radius 3 is 2.63 bits per heavy atom. The van der Waals surface area contributed by atoms with Crippen molar-refractivity contribution in [1.29, 1.82) is 0 Å². The van der Waals surface area contributed by atoms with Crippen LogP contribution in [-0.4, -0.2) is 29.8 Å².